The molecule has 362 valence electrons. The summed E-state index contributed by atoms with van der Waals surface area (Å²) in [7, 11) is -1.16. The Bertz CT molecular complexity index is 2470. The summed E-state index contributed by atoms with van der Waals surface area (Å²) in [6.45, 7) is 15.7. The molecule has 18 heteroatoms. The van der Waals surface area contributed by atoms with Gasteiger partial charge in [-0.15, -0.1) is 11.6 Å². The molecular weight excluding hydrogens is 935 g/mol. The lowest BCUT2D eigenvalue weighted by molar-refractivity contribution is -0.118. The summed E-state index contributed by atoms with van der Waals surface area (Å²) >= 11 is 6.55. The number of rotatable bonds is 17. The van der Waals surface area contributed by atoms with Crippen LogP contribution in [0.3, 0.4) is 0 Å². The molecule has 0 aliphatic carbocycles. The van der Waals surface area contributed by atoms with Crippen LogP contribution in [-0.4, -0.2) is 93.8 Å². The summed E-state index contributed by atoms with van der Waals surface area (Å²) in [4.78, 5) is 50.7. The van der Waals surface area contributed by atoms with Crippen LogP contribution in [0, 0.1) is 6.92 Å². The summed E-state index contributed by atoms with van der Waals surface area (Å²) < 4.78 is 44.5. The number of phosphoric acid groups is 1. The number of ether oxygens (including phenoxy) is 2. The minimum Gasteiger partial charge on any atom is -0.493 e. The minimum absolute atomic E-state index is 0.0756. The quantitative estimate of drug-likeness (QED) is 0.0462. The van der Waals surface area contributed by atoms with E-state index in [1.165, 1.54) is 26.5 Å². The first-order chi connectivity index (χ1) is 31.8. The Morgan fingerprint density at radius 1 is 0.955 bits per heavy atom. The van der Waals surface area contributed by atoms with Gasteiger partial charge in [-0.3, -0.25) is 18.6 Å². The molecule has 7 rings (SSSR count). The topological polar surface area (TPSA) is 157 Å². The van der Waals surface area contributed by atoms with Gasteiger partial charge in [0.15, 0.2) is 6.23 Å². The Labute approximate surface area is 406 Å². The van der Waals surface area contributed by atoms with Crippen LogP contribution in [0.25, 0.3) is 10.8 Å². The standard InChI is InChI=1S/C49H62ClN4O10PS2/c1-31-25-36-38(54(46(57)37-19-16-23-52(37)45(36)56)47(58)61-30-32(2)66-67-42-20-13-14-22-51-42)26-40(31)60-24-15-9-10-21-43(55)53-29-33(28-50)44-35-18-12-11-17-34(35)41(27-39(44)53)62-65(59,63-48(3,4)5)64-49(6,7)8/h11-14,17-18,20,22,25-27,32-33,37,46,57H,9-10,15-16,19,21,23-24,28-30H2,1-8H3/t32?,33-,37+,46?/m1/s1. The average molecular weight is 998 g/mol. The van der Waals surface area contributed by atoms with Gasteiger partial charge in [0, 0.05) is 60.3 Å². The second-order valence-electron chi connectivity index (χ2n) is 19.2. The second-order valence-corrected chi connectivity index (χ2v) is 23.6. The number of hydrogen-bond donors (Lipinski definition) is 1. The number of pyridine rings is 1. The van der Waals surface area contributed by atoms with Crippen LogP contribution in [-0.2, 0) is 23.1 Å². The maximum atomic E-state index is 14.3. The number of amides is 3. The van der Waals surface area contributed by atoms with Crippen molar-refractivity contribution in [1.29, 1.82) is 0 Å². The van der Waals surface area contributed by atoms with E-state index < -0.39 is 37.4 Å². The van der Waals surface area contributed by atoms with Gasteiger partial charge in [0.2, 0.25) is 5.91 Å². The summed E-state index contributed by atoms with van der Waals surface area (Å²) in [5.74, 6) is 0.602. The number of carbonyl (C=O) groups excluding carboxylic acids is 3. The first-order valence-electron chi connectivity index (χ1n) is 22.9. The number of halogens is 1. The van der Waals surface area contributed by atoms with Crippen molar-refractivity contribution in [2.45, 2.75) is 134 Å². The van der Waals surface area contributed by atoms with Crippen molar-refractivity contribution >= 4 is 81.1 Å². The van der Waals surface area contributed by atoms with E-state index in [4.69, 9.17) is 34.6 Å². The van der Waals surface area contributed by atoms with Gasteiger partial charge in [-0.05, 0) is 133 Å². The van der Waals surface area contributed by atoms with E-state index in [-0.39, 0.29) is 47.4 Å². The Hall–Kier alpha value is -4.02. The number of phosphoric ester groups is 1. The average Bonchev–Trinajstić information content (AvgIpc) is 3.90. The van der Waals surface area contributed by atoms with Crippen LogP contribution < -0.4 is 19.1 Å². The molecule has 3 aromatic carbocycles. The third-order valence-corrected chi connectivity index (χ3v) is 16.5. The van der Waals surface area contributed by atoms with Crippen molar-refractivity contribution in [3.05, 3.63) is 83.6 Å². The van der Waals surface area contributed by atoms with Gasteiger partial charge in [-0.1, -0.05) is 41.1 Å². The van der Waals surface area contributed by atoms with Crippen LogP contribution in [0.15, 0.2) is 71.9 Å². The molecule has 3 aliphatic heterocycles. The van der Waals surface area contributed by atoms with E-state index in [0.717, 1.165) is 16.0 Å². The van der Waals surface area contributed by atoms with Crippen molar-refractivity contribution in [2.75, 3.05) is 42.0 Å². The highest BCUT2D eigenvalue weighted by Gasteiger charge is 2.46. The molecule has 3 amide bonds. The molecule has 2 unspecified atom stereocenters. The van der Waals surface area contributed by atoms with E-state index in [1.807, 2.05) is 56.3 Å². The zero-order chi connectivity index (χ0) is 48.3. The lowest BCUT2D eigenvalue weighted by Crippen LogP contribution is -2.51. The fraction of sp³-hybridized carbons (Fsp3) is 0.510. The molecule has 1 aromatic heterocycles. The lowest BCUT2D eigenvalue weighted by atomic mass is 9.95. The monoisotopic (exact) mass is 996 g/mol. The fourth-order valence-corrected chi connectivity index (χ4v) is 12.6. The molecular formula is C49H62ClN4O10PS2. The first-order valence-corrected chi connectivity index (χ1v) is 27.1. The number of aromatic nitrogens is 1. The van der Waals surface area contributed by atoms with Gasteiger partial charge in [-0.25, -0.2) is 19.2 Å². The molecule has 3 aliphatic rings. The number of carbonyl (C=O) groups is 3. The molecule has 1 N–H and O–H groups in total. The maximum absolute atomic E-state index is 14.3. The number of aliphatic hydroxyl groups excluding tert-OH is 1. The number of hydrogen-bond acceptors (Lipinski definition) is 13. The zero-order valence-corrected chi connectivity index (χ0v) is 42.8. The number of nitrogens with zero attached hydrogens (tertiary/aromatic N) is 4. The number of benzene rings is 3. The predicted octanol–water partition coefficient (Wildman–Crippen LogP) is 11.7. The molecule has 0 radical (unpaired) electrons. The Morgan fingerprint density at radius 3 is 2.34 bits per heavy atom. The van der Waals surface area contributed by atoms with Gasteiger partial charge in [-0.2, -0.15) is 0 Å². The summed E-state index contributed by atoms with van der Waals surface area (Å²) in [5, 5.41) is 14.0. The Balaban J connectivity index is 1.01. The largest absolute Gasteiger partial charge is 0.531 e. The van der Waals surface area contributed by atoms with E-state index in [0.29, 0.717) is 85.6 Å². The molecule has 4 aromatic rings. The third kappa shape index (κ3) is 12.2. The van der Waals surface area contributed by atoms with Gasteiger partial charge in [0.05, 0.1) is 40.8 Å². The van der Waals surface area contributed by atoms with Crippen molar-refractivity contribution in [1.82, 2.24) is 9.88 Å². The molecule has 67 heavy (non-hydrogen) atoms. The van der Waals surface area contributed by atoms with Gasteiger partial charge < -0.3 is 28.9 Å². The Morgan fingerprint density at radius 2 is 1.66 bits per heavy atom. The molecule has 4 atom stereocenters. The van der Waals surface area contributed by atoms with E-state index in [1.54, 1.807) is 75.7 Å². The molecule has 4 heterocycles. The highest BCUT2D eigenvalue weighted by Crippen LogP contribution is 2.57. The van der Waals surface area contributed by atoms with E-state index >= 15 is 0 Å². The first kappa shape index (κ1) is 50.8. The molecule has 0 spiro atoms. The van der Waals surface area contributed by atoms with Crippen molar-refractivity contribution < 1.29 is 47.1 Å². The van der Waals surface area contributed by atoms with Crippen molar-refractivity contribution in [3.63, 3.8) is 0 Å². The normalized spacial score (nSPS) is 18.9. The number of anilines is 2. The number of aliphatic hydroxyl groups is 1. The molecule has 1 fully saturated rings. The predicted molar refractivity (Wildman–Crippen MR) is 266 cm³/mol. The Kier molecular flexibility index (Phi) is 16.2. The van der Waals surface area contributed by atoms with Crippen LogP contribution in [0.1, 0.15) is 114 Å². The summed E-state index contributed by atoms with van der Waals surface area (Å²) in [6, 6.07) is 17.9. The number of unbranched alkanes of at least 4 members (excludes halogenated alkanes) is 2. The van der Waals surface area contributed by atoms with E-state index in [2.05, 4.69) is 4.98 Å². The van der Waals surface area contributed by atoms with Crippen LogP contribution >= 0.6 is 41.0 Å². The molecule has 14 nitrogen and oxygen atoms in total. The lowest BCUT2D eigenvalue weighted by Gasteiger charge is -2.32. The molecule has 0 bridgehead atoms. The van der Waals surface area contributed by atoms with Crippen molar-refractivity contribution in [2.24, 2.45) is 0 Å². The minimum atomic E-state index is -4.17. The second kappa shape index (κ2) is 21.3. The highest BCUT2D eigenvalue weighted by atomic mass is 35.5. The zero-order valence-electron chi connectivity index (χ0n) is 39.5. The SMILES string of the molecule is Cc1cc2c(cc1OCCCCCC(=O)N1C[C@@H](CCl)c3c1cc(OP(=O)(OC(C)(C)C)OC(C)(C)C)c1ccccc31)N(C(=O)OCC(C)SSc1ccccn1)C(O)[C@@H]1CCCN1C2=O. The maximum Gasteiger partial charge on any atom is 0.531 e. The number of aryl methyl sites for hydroxylation is 1. The van der Waals surface area contributed by atoms with Crippen LogP contribution in [0.2, 0.25) is 0 Å². The van der Waals surface area contributed by atoms with E-state index in [9.17, 15) is 24.1 Å². The summed E-state index contributed by atoms with van der Waals surface area (Å²) in [5.41, 5.74) is 1.14. The molecule has 1 saturated heterocycles. The van der Waals surface area contributed by atoms with Crippen LogP contribution in [0.5, 0.6) is 11.5 Å². The van der Waals surface area contributed by atoms with Crippen LogP contribution in [0.4, 0.5) is 16.2 Å². The number of alkyl halides is 1. The van der Waals surface area contributed by atoms with Gasteiger partial charge >= 0.3 is 13.9 Å². The summed E-state index contributed by atoms with van der Waals surface area (Å²) in [6.07, 6.45) is 3.09. The number of fused-ring (bicyclic) bond motifs is 5. The third-order valence-electron chi connectivity index (χ3n) is 11.4. The fourth-order valence-electron chi connectivity index (χ4n) is 8.62. The van der Waals surface area contributed by atoms with Crippen molar-refractivity contribution in [3.8, 4) is 11.5 Å². The van der Waals surface area contributed by atoms with Gasteiger partial charge in [0.1, 0.15) is 23.1 Å². The highest BCUT2D eigenvalue weighted by molar-refractivity contribution is 8.76. The van der Waals surface area contributed by atoms with Gasteiger partial charge in [0.25, 0.3) is 5.91 Å². The molecule has 0 saturated carbocycles. The smallest absolute Gasteiger partial charge is 0.493 e.